The lowest BCUT2D eigenvalue weighted by Crippen LogP contribution is -1.94. The van der Waals surface area contributed by atoms with Crippen molar-refractivity contribution in [3.63, 3.8) is 0 Å². The van der Waals surface area contributed by atoms with E-state index < -0.39 is 5.97 Å². The van der Waals surface area contributed by atoms with Crippen LogP contribution in [0.5, 0.6) is 0 Å². The van der Waals surface area contributed by atoms with Crippen molar-refractivity contribution in [2.24, 2.45) is 0 Å². The van der Waals surface area contributed by atoms with Crippen LogP contribution in [-0.4, -0.2) is 21.0 Å². The third kappa shape index (κ3) is 3.42. The van der Waals surface area contributed by atoms with Gasteiger partial charge in [-0.3, -0.25) is 4.98 Å². The van der Waals surface area contributed by atoms with E-state index in [1.54, 1.807) is 55.7 Å². The van der Waals surface area contributed by atoms with E-state index in [1.165, 1.54) is 17.4 Å². The number of hydrogen-bond acceptors (Lipinski definition) is 4. The van der Waals surface area contributed by atoms with E-state index in [2.05, 4.69) is 4.98 Å². The second-order valence-corrected chi connectivity index (χ2v) is 7.28. The zero-order valence-corrected chi connectivity index (χ0v) is 15.7. The van der Waals surface area contributed by atoms with Gasteiger partial charge in [-0.25, -0.2) is 14.2 Å². The summed E-state index contributed by atoms with van der Waals surface area (Å²) in [6, 6.07) is 15.4. The number of aromatic nitrogens is 2. The molecule has 4 aromatic rings. The number of nitrogens with zero attached hydrogens (tertiary/aromatic N) is 2. The van der Waals surface area contributed by atoms with Crippen molar-refractivity contribution in [2.45, 2.75) is 6.92 Å². The lowest BCUT2D eigenvalue weighted by molar-refractivity contribution is 0.0697. The first kappa shape index (κ1) is 18.0. The number of benzene rings is 2. The fraction of sp³-hybridized carbons (Fsp3) is 0.0455. The minimum absolute atomic E-state index is 0.226. The lowest BCUT2D eigenvalue weighted by atomic mass is 10.0. The van der Waals surface area contributed by atoms with Crippen molar-refractivity contribution in [1.82, 2.24) is 9.97 Å². The maximum atomic E-state index is 13.7. The maximum absolute atomic E-state index is 13.7. The molecule has 2 aromatic heterocycles. The minimum atomic E-state index is -0.967. The van der Waals surface area contributed by atoms with Gasteiger partial charge in [0.1, 0.15) is 10.8 Å². The summed E-state index contributed by atoms with van der Waals surface area (Å²) in [7, 11) is 0. The van der Waals surface area contributed by atoms with E-state index in [0.29, 0.717) is 5.56 Å². The number of rotatable bonds is 4. The predicted octanol–water partition coefficient (Wildman–Crippen LogP) is 5.68. The predicted molar refractivity (Wildman–Crippen MR) is 108 cm³/mol. The number of hydrogen-bond donors (Lipinski definition) is 1. The summed E-state index contributed by atoms with van der Waals surface area (Å²) in [5, 5.41) is 9.86. The van der Waals surface area contributed by atoms with E-state index in [-0.39, 0.29) is 11.4 Å². The molecule has 2 aromatic carbocycles. The van der Waals surface area contributed by atoms with E-state index in [1.807, 2.05) is 12.1 Å². The molecule has 0 aliphatic rings. The molecule has 0 atom stereocenters. The first-order valence-corrected chi connectivity index (χ1v) is 9.36. The van der Waals surface area contributed by atoms with E-state index >= 15 is 0 Å². The van der Waals surface area contributed by atoms with Crippen molar-refractivity contribution < 1.29 is 14.3 Å². The molecule has 0 aliphatic heterocycles. The Labute approximate surface area is 165 Å². The Morgan fingerprint density at radius 3 is 2.29 bits per heavy atom. The molecule has 0 saturated carbocycles. The number of thiazole rings is 1. The van der Waals surface area contributed by atoms with Gasteiger partial charge in [-0.1, -0.05) is 12.1 Å². The molecule has 0 spiro atoms. The number of halogens is 1. The number of aromatic carboxylic acids is 1. The second kappa shape index (κ2) is 7.32. The Kier molecular flexibility index (Phi) is 4.71. The Morgan fingerprint density at radius 2 is 1.64 bits per heavy atom. The van der Waals surface area contributed by atoms with Crippen molar-refractivity contribution in [2.75, 3.05) is 0 Å². The summed E-state index contributed by atoms with van der Waals surface area (Å²) in [4.78, 5) is 20.9. The van der Waals surface area contributed by atoms with Crippen LogP contribution in [0.2, 0.25) is 0 Å². The largest absolute Gasteiger partial charge is 0.478 e. The van der Waals surface area contributed by atoms with E-state index in [0.717, 1.165) is 32.3 Å². The van der Waals surface area contributed by atoms with Crippen LogP contribution in [0, 0.1) is 12.7 Å². The van der Waals surface area contributed by atoms with Crippen LogP contribution in [0.25, 0.3) is 32.3 Å². The molecule has 0 saturated heterocycles. The molecule has 0 bridgehead atoms. The Hall–Kier alpha value is -3.38. The second-order valence-electron chi connectivity index (χ2n) is 6.28. The molecule has 6 heteroatoms. The molecular weight excluding hydrogens is 375 g/mol. The molecule has 4 rings (SSSR count). The van der Waals surface area contributed by atoms with Crippen LogP contribution in [0.1, 0.15) is 15.9 Å². The SMILES string of the molecule is Cc1cc(-c2nc(-c3ccc(C(=O)O)cc3)sc2-c2ccncc2)ccc1F. The highest BCUT2D eigenvalue weighted by atomic mass is 32.1. The number of carbonyl (C=O) groups is 1. The quantitative estimate of drug-likeness (QED) is 0.487. The third-order valence-corrected chi connectivity index (χ3v) is 5.53. The average molecular weight is 390 g/mol. The monoisotopic (exact) mass is 390 g/mol. The van der Waals surface area contributed by atoms with E-state index in [4.69, 9.17) is 10.1 Å². The third-order valence-electron chi connectivity index (χ3n) is 4.38. The van der Waals surface area contributed by atoms with Gasteiger partial charge >= 0.3 is 5.97 Å². The van der Waals surface area contributed by atoms with Crippen molar-refractivity contribution >= 4 is 17.3 Å². The summed E-state index contributed by atoms with van der Waals surface area (Å²) < 4.78 is 13.7. The van der Waals surface area contributed by atoms with Crippen molar-refractivity contribution in [3.05, 3.63) is 83.9 Å². The van der Waals surface area contributed by atoms with Gasteiger partial charge in [-0.15, -0.1) is 11.3 Å². The fourth-order valence-electron chi connectivity index (χ4n) is 2.89. The molecule has 0 aliphatic carbocycles. The molecule has 138 valence electrons. The average Bonchev–Trinajstić information content (AvgIpc) is 3.16. The first-order chi connectivity index (χ1) is 13.5. The van der Waals surface area contributed by atoms with Gasteiger partial charge in [0.2, 0.25) is 0 Å². The number of carboxylic acids is 1. The smallest absolute Gasteiger partial charge is 0.335 e. The molecule has 2 heterocycles. The van der Waals surface area contributed by atoms with Crippen LogP contribution in [0.4, 0.5) is 4.39 Å². The van der Waals surface area contributed by atoms with Gasteiger partial charge in [-0.05, 0) is 60.5 Å². The topological polar surface area (TPSA) is 63.1 Å². The van der Waals surface area contributed by atoms with Gasteiger partial charge in [0.15, 0.2) is 0 Å². The molecule has 28 heavy (non-hydrogen) atoms. The van der Waals surface area contributed by atoms with Crippen LogP contribution in [0.15, 0.2) is 67.0 Å². The van der Waals surface area contributed by atoms with Gasteiger partial charge < -0.3 is 5.11 Å². The highest BCUT2D eigenvalue weighted by molar-refractivity contribution is 7.19. The standard InChI is InChI=1S/C22H15FN2O2S/c1-13-12-17(6-7-18(13)23)19-20(14-8-10-24-11-9-14)28-21(25-19)15-2-4-16(5-3-15)22(26)27/h2-12H,1H3,(H,26,27). The first-order valence-electron chi connectivity index (χ1n) is 8.54. The van der Waals surface area contributed by atoms with Gasteiger partial charge in [0.25, 0.3) is 0 Å². The van der Waals surface area contributed by atoms with Crippen LogP contribution < -0.4 is 0 Å². The number of aryl methyl sites for hydroxylation is 1. The lowest BCUT2D eigenvalue weighted by Gasteiger charge is -2.04. The molecule has 0 radical (unpaired) electrons. The zero-order chi connectivity index (χ0) is 19.7. The molecule has 0 amide bonds. The van der Waals surface area contributed by atoms with Crippen LogP contribution in [0.3, 0.4) is 0 Å². The molecule has 1 N–H and O–H groups in total. The maximum Gasteiger partial charge on any atom is 0.335 e. The normalized spacial score (nSPS) is 10.8. The molecule has 0 fully saturated rings. The summed E-state index contributed by atoms with van der Waals surface area (Å²) in [5.41, 5.74) is 4.17. The summed E-state index contributed by atoms with van der Waals surface area (Å²) in [6.45, 7) is 1.73. The Morgan fingerprint density at radius 1 is 0.964 bits per heavy atom. The highest BCUT2D eigenvalue weighted by Crippen LogP contribution is 2.40. The molecule has 0 unspecified atom stereocenters. The fourth-order valence-corrected chi connectivity index (χ4v) is 3.98. The van der Waals surface area contributed by atoms with Gasteiger partial charge in [0, 0.05) is 23.5 Å². The van der Waals surface area contributed by atoms with E-state index in [9.17, 15) is 9.18 Å². The summed E-state index contributed by atoms with van der Waals surface area (Å²) >= 11 is 1.50. The summed E-state index contributed by atoms with van der Waals surface area (Å²) in [6.07, 6.45) is 3.44. The van der Waals surface area contributed by atoms with Crippen LogP contribution >= 0.6 is 11.3 Å². The van der Waals surface area contributed by atoms with Gasteiger partial charge in [-0.2, -0.15) is 0 Å². The minimum Gasteiger partial charge on any atom is -0.478 e. The molecule has 4 nitrogen and oxygen atoms in total. The van der Waals surface area contributed by atoms with Crippen molar-refractivity contribution in [3.8, 4) is 32.3 Å². The molecular formula is C22H15FN2O2S. The zero-order valence-electron chi connectivity index (χ0n) is 14.9. The van der Waals surface area contributed by atoms with Crippen molar-refractivity contribution in [1.29, 1.82) is 0 Å². The Balaban J connectivity index is 1.86. The van der Waals surface area contributed by atoms with Crippen LogP contribution in [-0.2, 0) is 0 Å². The highest BCUT2D eigenvalue weighted by Gasteiger charge is 2.17. The Bertz CT molecular complexity index is 1160. The number of pyridine rings is 1. The van der Waals surface area contributed by atoms with Gasteiger partial charge in [0.05, 0.1) is 16.1 Å². The summed E-state index contributed by atoms with van der Waals surface area (Å²) in [5.74, 6) is -1.22. The number of carboxylic acid groups (broad SMARTS) is 1.